The number of hydrogen-bond donors (Lipinski definition) is 2. The first-order chi connectivity index (χ1) is 19.2. The maximum Gasteiger partial charge on any atom is 0.261 e. The lowest BCUT2D eigenvalue weighted by Crippen LogP contribution is -2.29. The van der Waals surface area contributed by atoms with Gasteiger partial charge in [0.2, 0.25) is 10.0 Å². The third kappa shape index (κ3) is 7.39. The summed E-state index contributed by atoms with van der Waals surface area (Å²) in [6.45, 7) is 3.99. The minimum Gasteiger partial charge on any atom is -0.322 e. The molecule has 12 heteroatoms. The summed E-state index contributed by atoms with van der Waals surface area (Å²) >= 11 is 12.0. The van der Waals surface area contributed by atoms with Crippen molar-refractivity contribution in [3.05, 3.63) is 117 Å². The van der Waals surface area contributed by atoms with Crippen LogP contribution in [-0.2, 0) is 26.6 Å². The maximum absolute atomic E-state index is 12.8. The van der Waals surface area contributed by atoms with Gasteiger partial charge >= 0.3 is 0 Å². The number of hydrogen-bond acceptors (Lipinski definition) is 5. The summed E-state index contributed by atoms with van der Waals surface area (Å²) in [4.78, 5) is 12.8. The molecule has 0 saturated carbocycles. The smallest absolute Gasteiger partial charge is 0.261 e. The summed E-state index contributed by atoms with van der Waals surface area (Å²) in [5.41, 5.74) is 4.19. The molecule has 41 heavy (non-hydrogen) atoms. The van der Waals surface area contributed by atoms with Crippen molar-refractivity contribution in [1.82, 2.24) is 0 Å². The highest BCUT2D eigenvalue weighted by Gasteiger charge is 2.20. The number of halogens is 2. The largest absolute Gasteiger partial charge is 0.322 e. The van der Waals surface area contributed by atoms with E-state index in [9.17, 15) is 21.6 Å². The van der Waals surface area contributed by atoms with E-state index in [1.165, 1.54) is 34.6 Å². The summed E-state index contributed by atoms with van der Waals surface area (Å²) in [6, 6.07) is 22.3. The monoisotopic (exact) mass is 631 g/mol. The van der Waals surface area contributed by atoms with Crippen molar-refractivity contribution in [2.75, 3.05) is 20.6 Å². The van der Waals surface area contributed by atoms with Crippen LogP contribution in [0, 0.1) is 13.8 Å². The van der Waals surface area contributed by atoms with Crippen molar-refractivity contribution in [2.45, 2.75) is 25.3 Å². The summed E-state index contributed by atoms with van der Waals surface area (Å²) in [6.07, 6.45) is 1.16. The average molecular weight is 633 g/mol. The Morgan fingerprint density at radius 1 is 0.829 bits per heavy atom. The molecular weight excluding hydrogens is 605 g/mol. The van der Waals surface area contributed by atoms with Gasteiger partial charge in [0.1, 0.15) is 0 Å². The molecule has 0 aliphatic rings. The van der Waals surface area contributed by atoms with Crippen LogP contribution in [0.1, 0.15) is 27.0 Å². The molecule has 214 valence electrons. The highest BCUT2D eigenvalue weighted by atomic mass is 35.5. The normalized spacial score (nSPS) is 11.6. The molecule has 8 nitrogen and oxygen atoms in total. The summed E-state index contributed by atoms with van der Waals surface area (Å²) < 4.78 is 54.3. The van der Waals surface area contributed by atoms with Gasteiger partial charge in [-0.1, -0.05) is 47.5 Å². The molecule has 0 bridgehead atoms. The molecule has 0 aliphatic heterocycles. The van der Waals surface area contributed by atoms with E-state index >= 15 is 0 Å². The van der Waals surface area contributed by atoms with Crippen LogP contribution >= 0.6 is 23.2 Å². The summed E-state index contributed by atoms with van der Waals surface area (Å²) in [5.74, 6) is -0.412. The molecule has 0 unspecified atom stereocenters. The number of benzene rings is 4. The van der Waals surface area contributed by atoms with Gasteiger partial charge in [-0.05, 0) is 91.2 Å². The molecule has 4 rings (SSSR count). The highest BCUT2D eigenvalue weighted by Crippen LogP contribution is 2.31. The van der Waals surface area contributed by atoms with E-state index in [-0.39, 0.29) is 27.2 Å². The number of anilines is 3. The van der Waals surface area contributed by atoms with Crippen molar-refractivity contribution in [2.24, 2.45) is 0 Å². The van der Waals surface area contributed by atoms with Crippen molar-refractivity contribution >= 4 is 66.2 Å². The van der Waals surface area contributed by atoms with Gasteiger partial charge < -0.3 is 5.32 Å². The predicted octanol–water partition coefficient (Wildman–Crippen LogP) is 6.63. The molecule has 2 N–H and O–H groups in total. The van der Waals surface area contributed by atoms with Crippen LogP contribution in [0.25, 0.3) is 0 Å². The van der Waals surface area contributed by atoms with Gasteiger partial charge in [0.05, 0.1) is 39.1 Å². The van der Waals surface area contributed by atoms with Crippen molar-refractivity contribution < 1.29 is 21.6 Å². The summed E-state index contributed by atoms with van der Waals surface area (Å²) in [5, 5.41) is 3.03. The molecule has 0 fully saturated rings. The van der Waals surface area contributed by atoms with Crippen LogP contribution in [0.3, 0.4) is 0 Å². The molecule has 4 aromatic carbocycles. The second-order valence-corrected chi connectivity index (χ2v) is 13.8. The van der Waals surface area contributed by atoms with E-state index in [1.54, 1.807) is 42.5 Å². The minimum absolute atomic E-state index is 0.0323. The standard InChI is InChI=1S/C29H27Cl2N3O5S2/c1-19-7-14-24(17-20(19)2)34(40(3,36)37)18-21-8-10-22(11-9-21)29(35)32-23-12-15-25(16-13-23)41(38,39)33-27-6-4-5-26(30)28(27)31/h4-17,33H,18H2,1-3H3,(H,32,35). The Labute approximate surface area is 250 Å². The van der Waals surface area contributed by atoms with Gasteiger partial charge in [0, 0.05) is 11.3 Å². The second kappa shape index (κ2) is 12.1. The Bertz CT molecular complexity index is 1810. The molecule has 0 heterocycles. The second-order valence-electron chi connectivity index (χ2n) is 9.42. The number of nitrogens with one attached hydrogen (secondary N) is 2. The van der Waals surface area contributed by atoms with E-state index in [0.29, 0.717) is 22.5 Å². The Morgan fingerprint density at radius 2 is 1.49 bits per heavy atom. The van der Waals surface area contributed by atoms with Crippen molar-refractivity contribution in [1.29, 1.82) is 0 Å². The van der Waals surface area contributed by atoms with Crippen LogP contribution in [0.2, 0.25) is 10.0 Å². The number of rotatable bonds is 9. The molecular formula is C29H27Cl2N3O5S2. The fraction of sp³-hybridized carbons (Fsp3) is 0.138. The first-order valence-corrected chi connectivity index (χ1v) is 16.4. The van der Waals surface area contributed by atoms with Crippen LogP contribution in [0.15, 0.2) is 89.8 Å². The topological polar surface area (TPSA) is 113 Å². The quantitative estimate of drug-likeness (QED) is 0.215. The Hall–Kier alpha value is -3.57. The van der Waals surface area contributed by atoms with E-state index < -0.39 is 26.0 Å². The van der Waals surface area contributed by atoms with E-state index in [0.717, 1.165) is 17.4 Å². The lowest BCUT2D eigenvalue weighted by Gasteiger charge is -2.23. The first kappa shape index (κ1) is 30.4. The molecule has 0 atom stereocenters. The highest BCUT2D eigenvalue weighted by molar-refractivity contribution is 7.92. The lowest BCUT2D eigenvalue weighted by molar-refractivity contribution is 0.102. The molecule has 0 saturated heterocycles. The number of sulfonamides is 2. The molecule has 1 amide bonds. The van der Waals surface area contributed by atoms with Gasteiger partial charge in [0.15, 0.2) is 0 Å². The molecule has 0 spiro atoms. The average Bonchev–Trinajstić information content (AvgIpc) is 2.91. The van der Waals surface area contributed by atoms with Crippen LogP contribution in [0.5, 0.6) is 0 Å². The van der Waals surface area contributed by atoms with Gasteiger partial charge in [-0.2, -0.15) is 0 Å². The number of amides is 1. The fourth-order valence-corrected chi connectivity index (χ4v) is 6.27. The molecule has 0 radical (unpaired) electrons. The minimum atomic E-state index is -3.95. The van der Waals surface area contributed by atoms with Crippen molar-refractivity contribution in [3.63, 3.8) is 0 Å². The van der Waals surface area contributed by atoms with Crippen LogP contribution in [0.4, 0.5) is 17.1 Å². The Kier molecular flexibility index (Phi) is 8.98. The van der Waals surface area contributed by atoms with Gasteiger partial charge in [-0.3, -0.25) is 13.8 Å². The predicted molar refractivity (Wildman–Crippen MR) is 165 cm³/mol. The molecule has 4 aromatic rings. The van der Waals surface area contributed by atoms with Gasteiger partial charge in [-0.25, -0.2) is 16.8 Å². The maximum atomic E-state index is 12.8. The summed E-state index contributed by atoms with van der Waals surface area (Å²) in [7, 11) is -7.51. The van der Waals surface area contributed by atoms with E-state index in [4.69, 9.17) is 23.2 Å². The lowest BCUT2D eigenvalue weighted by atomic mass is 10.1. The zero-order valence-corrected chi connectivity index (χ0v) is 25.5. The molecule has 0 aliphatic carbocycles. The molecule has 0 aromatic heterocycles. The van der Waals surface area contributed by atoms with Crippen molar-refractivity contribution in [3.8, 4) is 0 Å². The zero-order chi connectivity index (χ0) is 29.9. The SMILES string of the molecule is Cc1ccc(N(Cc2ccc(C(=O)Nc3ccc(S(=O)(=O)Nc4cccc(Cl)c4Cl)cc3)cc2)S(C)(=O)=O)cc1C. The first-order valence-electron chi connectivity index (χ1n) is 12.3. The third-order valence-corrected chi connectivity index (χ3v) is 9.68. The van der Waals surface area contributed by atoms with E-state index in [1.807, 2.05) is 26.0 Å². The third-order valence-electron chi connectivity index (χ3n) is 6.34. The van der Waals surface area contributed by atoms with Gasteiger partial charge in [-0.15, -0.1) is 0 Å². The van der Waals surface area contributed by atoms with Gasteiger partial charge in [0.25, 0.3) is 15.9 Å². The zero-order valence-electron chi connectivity index (χ0n) is 22.4. The van der Waals surface area contributed by atoms with E-state index in [2.05, 4.69) is 10.0 Å². The Morgan fingerprint density at radius 3 is 2.10 bits per heavy atom. The number of nitrogens with zero attached hydrogens (tertiary/aromatic N) is 1. The fourth-order valence-electron chi connectivity index (χ4n) is 3.92. The van der Waals surface area contributed by atoms with Crippen LogP contribution in [-0.4, -0.2) is 29.0 Å². The Balaban J connectivity index is 1.44. The number of carbonyl (C=O) groups is 1. The number of carbonyl (C=O) groups excluding carboxylic acids is 1. The number of aryl methyl sites for hydroxylation is 2. The van der Waals surface area contributed by atoms with Crippen LogP contribution < -0.4 is 14.3 Å².